The molecule has 1 saturated carbocycles. The topological polar surface area (TPSA) is 67.3 Å². The number of hydrogen-bond acceptors (Lipinski definition) is 6. The van der Waals surface area contributed by atoms with Crippen molar-refractivity contribution in [1.82, 2.24) is 20.2 Å². The Labute approximate surface area is 215 Å². The van der Waals surface area contributed by atoms with Crippen LogP contribution in [0.4, 0.5) is 0 Å². The third kappa shape index (κ3) is 4.27. The van der Waals surface area contributed by atoms with Gasteiger partial charge in [0.2, 0.25) is 0 Å². The fourth-order valence-corrected chi connectivity index (χ4v) is 5.76. The van der Waals surface area contributed by atoms with E-state index in [2.05, 4.69) is 45.4 Å². The predicted octanol–water partition coefficient (Wildman–Crippen LogP) is 5.48. The Bertz CT molecular complexity index is 1460. The van der Waals surface area contributed by atoms with Crippen LogP contribution in [0.25, 0.3) is 21.3 Å². The van der Waals surface area contributed by atoms with Gasteiger partial charge >= 0.3 is 0 Å². The van der Waals surface area contributed by atoms with E-state index >= 15 is 0 Å². The summed E-state index contributed by atoms with van der Waals surface area (Å²) in [6.45, 7) is 5.75. The number of amides is 1. The van der Waals surface area contributed by atoms with Crippen LogP contribution in [0.5, 0.6) is 5.75 Å². The molecule has 0 bridgehead atoms. The molecule has 3 heterocycles. The zero-order valence-corrected chi connectivity index (χ0v) is 21.7. The second-order valence-electron chi connectivity index (χ2n) is 10.1. The molecule has 0 spiro atoms. The quantitative estimate of drug-likeness (QED) is 0.366. The van der Waals surface area contributed by atoms with Crippen molar-refractivity contribution in [3.8, 4) is 16.2 Å². The van der Waals surface area contributed by atoms with Crippen molar-refractivity contribution in [3.05, 3.63) is 76.6 Å². The summed E-state index contributed by atoms with van der Waals surface area (Å²) in [7, 11) is 2.12. The van der Waals surface area contributed by atoms with Crippen LogP contribution in [0, 0.1) is 13.8 Å². The molecule has 36 heavy (non-hydrogen) atoms. The van der Waals surface area contributed by atoms with Gasteiger partial charge in [-0.15, -0.1) is 11.3 Å². The molecular weight excluding hydrogens is 468 g/mol. The van der Waals surface area contributed by atoms with Crippen LogP contribution < -0.4 is 10.1 Å². The van der Waals surface area contributed by atoms with Gasteiger partial charge in [0.1, 0.15) is 12.4 Å². The highest BCUT2D eigenvalue weighted by Gasteiger charge is 2.47. The second-order valence-corrected chi connectivity index (χ2v) is 11.3. The van der Waals surface area contributed by atoms with Gasteiger partial charge in [-0.3, -0.25) is 14.7 Å². The van der Waals surface area contributed by atoms with E-state index < -0.39 is 5.54 Å². The highest BCUT2D eigenvalue weighted by atomic mass is 32.1. The number of nitrogens with zero attached hydrogens (tertiary/aromatic N) is 3. The highest BCUT2D eigenvalue weighted by molar-refractivity contribution is 7.15. The number of ether oxygens (including phenoxy) is 1. The average molecular weight is 499 g/mol. The summed E-state index contributed by atoms with van der Waals surface area (Å²) >= 11 is 1.67. The zero-order valence-electron chi connectivity index (χ0n) is 20.9. The summed E-state index contributed by atoms with van der Waals surface area (Å²) in [6, 6.07) is 14.7. The molecule has 1 aliphatic heterocycles. The van der Waals surface area contributed by atoms with Gasteiger partial charge in [0, 0.05) is 29.4 Å². The van der Waals surface area contributed by atoms with Crippen molar-refractivity contribution in [3.63, 3.8) is 0 Å². The zero-order chi connectivity index (χ0) is 24.9. The standard InChI is InChI=1S/C29H30N4O2S/c1-18-6-7-22(35-17-21-8-12-33(21)3)15-24(18)28(34)32-29(9-10-29)25-13-20(27-16-31-19(2)36-27)14-26-23(25)5-4-11-30-26/h4-7,11,13-16,21H,8-10,12,17H2,1-3H3,(H,32,34). The summed E-state index contributed by atoms with van der Waals surface area (Å²) in [6.07, 6.45) is 6.69. The molecule has 6 rings (SSSR count). The molecule has 1 N–H and O–H groups in total. The first-order valence-corrected chi connectivity index (χ1v) is 13.3. The lowest BCUT2D eigenvalue weighted by Gasteiger charge is -2.37. The summed E-state index contributed by atoms with van der Waals surface area (Å²) in [4.78, 5) is 26.1. The number of nitrogens with one attached hydrogen (secondary N) is 1. The number of hydrogen-bond donors (Lipinski definition) is 1. The Morgan fingerprint density at radius 1 is 1.19 bits per heavy atom. The molecule has 6 nitrogen and oxygen atoms in total. The summed E-state index contributed by atoms with van der Waals surface area (Å²) in [5.41, 5.74) is 4.36. The lowest BCUT2D eigenvalue weighted by atomic mass is 9.95. The number of fused-ring (bicyclic) bond motifs is 1. The van der Waals surface area contributed by atoms with E-state index in [9.17, 15) is 4.79 Å². The van der Waals surface area contributed by atoms with Crippen LogP contribution in [0.1, 0.15) is 45.8 Å². The second kappa shape index (κ2) is 8.98. The van der Waals surface area contributed by atoms with Crippen molar-refractivity contribution in [2.75, 3.05) is 20.2 Å². The van der Waals surface area contributed by atoms with Crippen LogP contribution in [-0.4, -0.2) is 47.0 Å². The normalized spacial score (nSPS) is 18.6. The molecule has 7 heteroatoms. The van der Waals surface area contributed by atoms with Crippen LogP contribution in [-0.2, 0) is 5.54 Å². The average Bonchev–Trinajstić information content (AvgIpc) is 3.52. The van der Waals surface area contributed by atoms with Gasteiger partial charge in [0.25, 0.3) is 5.91 Å². The number of aryl methyl sites for hydroxylation is 2. The van der Waals surface area contributed by atoms with Gasteiger partial charge in [-0.25, -0.2) is 4.98 Å². The molecule has 2 aliphatic rings. The van der Waals surface area contributed by atoms with E-state index in [1.807, 2.05) is 50.5 Å². The lowest BCUT2D eigenvalue weighted by Crippen LogP contribution is -2.48. The van der Waals surface area contributed by atoms with Crippen molar-refractivity contribution in [2.24, 2.45) is 0 Å². The van der Waals surface area contributed by atoms with Gasteiger partial charge in [-0.2, -0.15) is 0 Å². The SMILES string of the molecule is Cc1ncc(-c2cc(C3(NC(=O)c4cc(OCC5CCN5C)ccc4C)CC3)c3cccnc3c2)s1. The number of carbonyl (C=O) groups excluding carboxylic acids is 1. The maximum Gasteiger partial charge on any atom is 0.252 e. The molecule has 1 unspecified atom stereocenters. The molecule has 1 atom stereocenters. The summed E-state index contributed by atoms with van der Waals surface area (Å²) < 4.78 is 6.05. The minimum absolute atomic E-state index is 0.0627. The van der Waals surface area contributed by atoms with Gasteiger partial charge in [-0.1, -0.05) is 12.1 Å². The van der Waals surface area contributed by atoms with E-state index in [0.717, 1.165) is 69.0 Å². The van der Waals surface area contributed by atoms with Crippen molar-refractivity contribution in [1.29, 1.82) is 0 Å². The molecule has 184 valence electrons. The fourth-order valence-electron chi connectivity index (χ4n) is 5.00. The third-order valence-corrected chi connectivity index (χ3v) is 8.54. The highest BCUT2D eigenvalue weighted by Crippen LogP contribution is 2.49. The first kappa shape index (κ1) is 23.1. The smallest absolute Gasteiger partial charge is 0.252 e. The summed E-state index contributed by atoms with van der Waals surface area (Å²) in [5.74, 6) is 0.681. The van der Waals surface area contributed by atoms with Gasteiger partial charge in [0.15, 0.2) is 0 Å². The van der Waals surface area contributed by atoms with E-state index in [4.69, 9.17) is 4.74 Å². The van der Waals surface area contributed by atoms with E-state index in [-0.39, 0.29) is 5.91 Å². The number of rotatable bonds is 7. The largest absolute Gasteiger partial charge is 0.492 e. The predicted molar refractivity (Wildman–Crippen MR) is 144 cm³/mol. The van der Waals surface area contributed by atoms with Crippen molar-refractivity contribution in [2.45, 2.75) is 44.7 Å². The minimum Gasteiger partial charge on any atom is -0.492 e. The molecule has 2 fully saturated rings. The van der Waals surface area contributed by atoms with Crippen molar-refractivity contribution < 1.29 is 9.53 Å². The molecule has 2 aromatic carbocycles. The molecule has 2 aromatic heterocycles. The van der Waals surface area contributed by atoms with E-state index in [0.29, 0.717) is 18.2 Å². The first-order valence-electron chi connectivity index (χ1n) is 12.5. The molecular formula is C29H30N4O2S. The first-order chi connectivity index (χ1) is 17.4. The van der Waals surface area contributed by atoms with Crippen LogP contribution in [0.2, 0.25) is 0 Å². The summed E-state index contributed by atoms with van der Waals surface area (Å²) in [5, 5.41) is 5.51. The van der Waals surface area contributed by atoms with Gasteiger partial charge in [-0.05, 0) is 93.7 Å². The Kier molecular flexibility index (Phi) is 5.77. The molecule has 4 aromatic rings. The Morgan fingerprint density at radius 3 is 2.75 bits per heavy atom. The monoisotopic (exact) mass is 498 g/mol. The van der Waals surface area contributed by atoms with E-state index in [1.165, 1.54) is 0 Å². The molecule has 1 aliphatic carbocycles. The molecule has 1 amide bonds. The Balaban J connectivity index is 1.30. The van der Waals surface area contributed by atoms with Crippen LogP contribution >= 0.6 is 11.3 Å². The minimum atomic E-state index is -0.397. The van der Waals surface area contributed by atoms with Crippen LogP contribution in [0.3, 0.4) is 0 Å². The number of aromatic nitrogens is 2. The number of pyridine rings is 1. The van der Waals surface area contributed by atoms with E-state index in [1.54, 1.807) is 11.3 Å². The number of benzene rings is 2. The maximum atomic E-state index is 13.6. The number of likely N-dealkylation sites (N-methyl/N-ethyl adjacent to an activating group) is 1. The number of thiazole rings is 1. The van der Waals surface area contributed by atoms with Crippen LogP contribution in [0.15, 0.2) is 54.9 Å². The van der Waals surface area contributed by atoms with Crippen molar-refractivity contribution >= 4 is 28.1 Å². The third-order valence-electron chi connectivity index (χ3n) is 7.58. The lowest BCUT2D eigenvalue weighted by molar-refractivity contribution is 0.0767. The Hall–Kier alpha value is -3.29. The van der Waals surface area contributed by atoms with Gasteiger partial charge < -0.3 is 10.1 Å². The fraction of sp³-hybridized carbons (Fsp3) is 0.345. The number of likely N-dealkylation sites (tertiary alicyclic amines) is 1. The molecule has 1 saturated heterocycles. The van der Waals surface area contributed by atoms with Gasteiger partial charge in [0.05, 0.1) is 20.9 Å². The Morgan fingerprint density at radius 2 is 2.06 bits per heavy atom. The number of carbonyl (C=O) groups is 1. The molecule has 0 radical (unpaired) electrons. The maximum absolute atomic E-state index is 13.6.